The average molecular weight is 382 g/mol. The van der Waals surface area contributed by atoms with Gasteiger partial charge in [0.25, 0.3) is 0 Å². The topological polar surface area (TPSA) is 102 Å². The minimum absolute atomic E-state index is 0.0162. The third-order valence-electron chi connectivity index (χ3n) is 2.64. The zero-order valence-corrected chi connectivity index (χ0v) is 15.0. The van der Waals surface area contributed by atoms with Crippen LogP contribution in [0.5, 0.6) is 0 Å². The fraction of sp³-hybridized carbons (Fsp3) is 0.786. The number of carboxylic acid groups (broad SMARTS) is 1. The molecule has 0 aliphatic carbocycles. The Morgan fingerprint density at radius 1 is 1.18 bits per heavy atom. The molecule has 0 aromatic carbocycles. The minimum atomic E-state index is -2.14. The summed E-state index contributed by atoms with van der Waals surface area (Å²) in [4.78, 5) is 35.7. The number of amides is 1. The van der Waals surface area contributed by atoms with Gasteiger partial charge >= 0.3 is 18.0 Å². The van der Waals surface area contributed by atoms with Gasteiger partial charge in [-0.3, -0.25) is 5.32 Å². The van der Waals surface area contributed by atoms with E-state index in [1.165, 1.54) is 0 Å². The molecule has 1 unspecified atom stereocenters. The molecule has 0 saturated carbocycles. The van der Waals surface area contributed by atoms with Crippen molar-refractivity contribution >= 4 is 34.0 Å². The number of ether oxygens (including phenoxy) is 2. The Labute approximate surface area is 138 Å². The maximum atomic E-state index is 12.1. The Kier molecular flexibility index (Phi) is 8.44. The number of hydrogen-bond donors (Lipinski definition) is 2. The number of halogens is 1. The molecule has 0 aliphatic rings. The third kappa shape index (κ3) is 6.64. The molecule has 0 heterocycles. The summed E-state index contributed by atoms with van der Waals surface area (Å²) in [7, 11) is 0. The fourth-order valence-corrected chi connectivity index (χ4v) is 2.08. The van der Waals surface area contributed by atoms with E-state index in [1.807, 2.05) is 0 Å². The number of unbranched alkanes of at least 4 members (excludes halogenated alkanes) is 1. The summed E-state index contributed by atoms with van der Waals surface area (Å²) in [5, 5.41) is 12.3. The van der Waals surface area contributed by atoms with Crippen LogP contribution in [0.1, 0.15) is 47.0 Å². The van der Waals surface area contributed by atoms with Gasteiger partial charge in [-0.2, -0.15) is 0 Å². The number of carbonyl (C=O) groups is 3. The molecular weight excluding hydrogens is 358 g/mol. The first-order chi connectivity index (χ1) is 10.1. The van der Waals surface area contributed by atoms with Crippen molar-refractivity contribution < 1.29 is 29.0 Å². The van der Waals surface area contributed by atoms with Gasteiger partial charge in [-0.25, -0.2) is 14.4 Å². The molecule has 1 amide bonds. The molecule has 0 bridgehead atoms. The highest BCUT2D eigenvalue weighted by molar-refractivity contribution is 9.09. The van der Waals surface area contributed by atoms with E-state index in [-0.39, 0.29) is 13.0 Å². The monoisotopic (exact) mass is 381 g/mol. The van der Waals surface area contributed by atoms with Gasteiger partial charge in [0.2, 0.25) is 5.54 Å². The van der Waals surface area contributed by atoms with Crippen LogP contribution < -0.4 is 5.32 Å². The maximum absolute atomic E-state index is 12.1. The van der Waals surface area contributed by atoms with Crippen LogP contribution in [0.4, 0.5) is 4.79 Å². The molecule has 0 aromatic heterocycles. The lowest BCUT2D eigenvalue weighted by Crippen LogP contribution is -2.61. The normalized spacial score (nSPS) is 13.9. The van der Waals surface area contributed by atoms with Crippen LogP contribution in [0, 0.1) is 0 Å². The predicted molar refractivity (Wildman–Crippen MR) is 84.0 cm³/mol. The first kappa shape index (κ1) is 20.7. The van der Waals surface area contributed by atoms with Crippen molar-refractivity contribution in [1.29, 1.82) is 0 Å². The number of alkyl carbamates (subject to hydrolysis) is 1. The van der Waals surface area contributed by atoms with E-state index in [2.05, 4.69) is 21.2 Å². The smallest absolute Gasteiger partial charge is 0.409 e. The van der Waals surface area contributed by atoms with E-state index in [0.29, 0.717) is 18.2 Å². The summed E-state index contributed by atoms with van der Waals surface area (Å²) in [6, 6.07) is 0. The van der Waals surface area contributed by atoms with Gasteiger partial charge in [0.15, 0.2) is 0 Å². The first-order valence-corrected chi connectivity index (χ1v) is 8.19. The predicted octanol–water partition coefficient (Wildman–Crippen LogP) is 2.46. The van der Waals surface area contributed by atoms with Crippen molar-refractivity contribution in [2.24, 2.45) is 0 Å². The van der Waals surface area contributed by atoms with Crippen molar-refractivity contribution in [3.63, 3.8) is 0 Å². The SMILES string of the molecule is CCOC(=O)C(CCCCBr)(NC(=O)OC(C)(C)C)C(=O)O. The largest absolute Gasteiger partial charge is 0.479 e. The molecule has 0 fully saturated rings. The lowest BCUT2D eigenvalue weighted by atomic mass is 9.92. The number of rotatable bonds is 8. The van der Waals surface area contributed by atoms with E-state index >= 15 is 0 Å². The molecule has 0 aromatic rings. The first-order valence-electron chi connectivity index (χ1n) is 7.06. The maximum Gasteiger partial charge on any atom is 0.409 e. The fourth-order valence-electron chi connectivity index (χ4n) is 1.68. The summed E-state index contributed by atoms with van der Waals surface area (Å²) in [5.41, 5.74) is -2.95. The number of carbonyl (C=O) groups excluding carboxylic acids is 2. The zero-order valence-electron chi connectivity index (χ0n) is 13.4. The van der Waals surface area contributed by atoms with Crippen LogP contribution in [0.25, 0.3) is 0 Å². The standard InChI is InChI=1S/C14H24BrNO6/c1-5-21-11(19)14(10(17)18,8-6-7-9-15)16-12(20)22-13(2,3)4/h5-9H2,1-4H3,(H,16,20)(H,17,18). The lowest BCUT2D eigenvalue weighted by Gasteiger charge is -2.29. The number of alkyl halides is 1. The van der Waals surface area contributed by atoms with E-state index in [9.17, 15) is 19.5 Å². The Morgan fingerprint density at radius 3 is 2.18 bits per heavy atom. The summed E-state index contributed by atoms with van der Waals surface area (Å²) >= 11 is 3.24. The highest BCUT2D eigenvalue weighted by Crippen LogP contribution is 2.19. The number of aliphatic carboxylic acids is 1. The van der Waals surface area contributed by atoms with Gasteiger partial charge in [0.1, 0.15) is 5.60 Å². The Hall–Kier alpha value is -1.31. The molecule has 2 N–H and O–H groups in total. The number of nitrogens with one attached hydrogen (secondary N) is 1. The van der Waals surface area contributed by atoms with Crippen molar-refractivity contribution in [3.8, 4) is 0 Å². The summed E-state index contributed by atoms with van der Waals surface area (Å²) in [6.45, 7) is 6.51. The molecule has 8 heteroatoms. The van der Waals surface area contributed by atoms with Gasteiger partial charge in [0.05, 0.1) is 6.61 Å². The minimum Gasteiger partial charge on any atom is -0.479 e. The van der Waals surface area contributed by atoms with Crippen LogP contribution in [-0.2, 0) is 19.1 Å². The van der Waals surface area contributed by atoms with Crippen LogP contribution in [0.15, 0.2) is 0 Å². The van der Waals surface area contributed by atoms with Gasteiger partial charge in [-0.1, -0.05) is 15.9 Å². The van der Waals surface area contributed by atoms with E-state index in [4.69, 9.17) is 9.47 Å². The molecule has 7 nitrogen and oxygen atoms in total. The van der Waals surface area contributed by atoms with Crippen LogP contribution in [0.3, 0.4) is 0 Å². The quantitative estimate of drug-likeness (QED) is 0.289. The van der Waals surface area contributed by atoms with Crippen molar-refractivity contribution in [2.45, 2.75) is 58.1 Å². The second-order valence-electron chi connectivity index (χ2n) is 5.70. The van der Waals surface area contributed by atoms with Gasteiger partial charge < -0.3 is 14.6 Å². The lowest BCUT2D eigenvalue weighted by molar-refractivity contribution is -0.163. The van der Waals surface area contributed by atoms with E-state index < -0.39 is 29.2 Å². The Morgan fingerprint density at radius 2 is 1.77 bits per heavy atom. The molecule has 0 radical (unpaired) electrons. The number of hydrogen-bond acceptors (Lipinski definition) is 5. The number of esters is 1. The molecule has 0 aliphatic heterocycles. The third-order valence-corrected chi connectivity index (χ3v) is 3.20. The average Bonchev–Trinajstić information content (AvgIpc) is 2.35. The van der Waals surface area contributed by atoms with Gasteiger partial charge in [-0.15, -0.1) is 0 Å². The molecule has 0 spiro atoms. The van der Waals surface area contributed by atoms with Gasteiger partial charge in [0, 0.05) is 5.33 Å². The van der Waals surface area contributed by atoms with Crippen molar-refractivity contribution in [1.82, 2.24) is 5.32 Å². The van der Waals surface area contributed by atoms with Crippen LogP contribution in [0.2, 0.25) is 0 Å². The molecule has 128 valence electrons. The van der Waals surface area contributed by atoms with Gasteiger partial charge in [-0.05, 0) is 47.0 Å². The Balaban J connectivity index is 5.30. The second kappa shape index (κ2) is 8.97. The zero-order chi connectivity index (χ0) is 17.4. The van der Waals surface area contributed by atoms with Crippen molar-refractivity contribution in [2.75, 3.05) is 11.9 Å². The number of carboxylic acids is 1. The van der Waals surface area contributed by atoms with Crippen LogP contribution >= 0.6 is 15.9 Å². The Bertz CT molecular complexity index is 407. The molecule has 22 heavy (non-hydrogen) atoms. The van der Waals surface area contributed by atoms with Crippen molar-refractivity contribution in [3.05, 3.63) is 0 Å². The van der Waals surface area contributed by atoms with E-state index in [1.54, 1.807) is 27.7 Å². The highest BCUT2D eigenvalue weighted by Gasteiger charge is 2.49. The molecular formula is C14H24BrNO6. The van der Waals surface area contributed by atoms with E-state index in [0.717, 1.165) is 0 Å². The summed E-state index contributed by atoms with van der Waals surface area (Å²) in [6.07, 6.45) is 0.0320. The second-order valence-corrected chi connectivity index (χ2v) is 6.50. The summed E-state index contributed by atoms with van der Waals surface area (Å²) < 4.78 is 9.88. The van der Waals surface area contributed by atoms with Crippen LogP contribution in [-0.4, -0.2) is 46.2 Å². The summed E-state index contributed by atoms with van der Waals surface area (Å²) in [5.74, 6) is -2.46. The molecule has 1 atom stereocenters. The molecule has 0 saturated heterocycles. The molecule has 0 rings (SSSR count). The highest BCUT2D eigenvalue weighted by atomic mass is 79.9.